The number of piperidine rings is 1. The minimum atomic E-state index is -1.25. The Bertz CT molecular complexity index is 1360. The van der Waals surface area contributed by atoms with Gasteiger partial charge in [0, 0.05) is 54.7 Å². The number of hydrogen-bond acceptors (Lipinski definition) is 4. The van der Waals surface area contributed by atoms with Crippen LogP contribution in [-0.4, -0.2) is 48.5 Å². The highest BCUT2D eigenvalue weighted by atomic mass is 35.5. The van der Waals surface area contributed by atoms with Gasteiger partial charge < -0.3 is 20.6 Å². The fourth-order valence-electron chi connectivity index (χ4n) is 6.10. The van der Waals surface area contributed by atoms with Gasteiger partial charge in [-0.3, -0.25) is 9.59 Å². The monoisotopic (exact) mass is 589 g/mol. The Morgan fingerprint density at radius 3 is 2.52 bits per heavy atom. The summed E-state index contributed by atoms with van der Waals surface area (Å²) in [5.74, 6) is -0.226. The van der Waals surface area contributed by atoms with Gasteiger partial charge in [-0.1, -0.05) is 74.0 Å². The SMILES string of the molecule is CCC(=O)NCCC[C@@](O)(c1cccc(Cl)c1-c1cccc(CC)c1)[C@@H]1CCCN(C(=O)c2ccc(CNC)cc2)C1. The summed E-state index contributed by atoms with van der Waals surface area (Å²) in [6, 6.07) is 21.8. The molecular formula is C35H44ClN3O3. The number of aliphatic hydroxyl groups is 1. The third kappa shape index (κ3) is 7.41. The molecule has 4 rings (SSSR count). The third-order valence-electron chi connectivity index (χ3n) is 8.45. The summed E-state index contributed by atoms with van der Waals surface area (Å²) in [5, 5.41) is 19.4. The van der Waals surface area contributed by atoms with Crippen LogP contribution in [0.15, 0.2) is 66.7 Å². The standard InChI is InChI=1S/C35H44ClN3O3/c1-4-25-10-6-11-28(22-25)33-30(13-7-14-31(33)36)35(42,19-9-20-38-32(40)5-2)29-12-8-21-39(24-29)34(41)27-17-15-26(16-18-27)23-37-3/h6-7,10-11,13-18,22,29,37,42H,4-5,8-9,12,19-21,23-24H2,1-3H3,(H,38,40)/t29-,35+/m1/s1. The van der Waals surface area contributed by atoms with E-state index in [1.54, 1.807) is 0 Å². The van der Waals surface area contributed by atoms with Crippen molar-refractivity contribution in [3.63, 3.8) is 0 Å². The van der Waals surface area contributed by atoms with Gasteiger partial charge in [0.15, 0.2) is 0 Å². The van der Waals surface area contributed by atoms with Gasteiger partial charge in [0.05, 0.1) is 5.60 Å². The molecule has 0 bridgehead atoms. The normalized spacial score (nSPS) is 16.6. The van der Waals surface area contributed by atoms with Gasteiger partial charge >= 0.3 is 0 Å². The van der Waals surface area contributed by atoms with Crippen LogP contribution in [-0.2, 0) is 23.4 Å². The summed E-state index contributed by atoms with van der Waals surface area (Å²) in [6.07, 6.45) is 3.93. The van der Waals surface area contributed by atoms with E-state index < -0.39 is 5.60 Å². The molecule has 7 heteroatoms. The van der Waals surface area contributed by atoms with Crippen LogP contribution < -0.4 is 10.6 Å². The summed E-state index contributed by atoms with van der Waals surface area (Å²) in [6.45, 7) is 6.26. The van der Waals surface area contributed by atoms with Crippen molar-refractivity contribution in [3.05, 3.63) is 94.0 Å². The summed E-state index contributed by atoms with van der Waals surface area (Å²) in [4.78, 5) is 27.4. The van der Waals surface area contributed by atoms with Gasteiger partial charge in [-0.25, -0.2) is 0 Å². The van der Waals surface area contributed by atoms with Gasteiger partial charge in [-0.2, -0.15) is 0 Å². The van der Waals surface area contributed by atoms with E-state index in [2.05, 4.69) is 29.7 Å². The Hall–Kier alpha value is -3.19. The van der Waals surface area contributed by atoms with E-state index in [0.717, 1.165) is 48.1 Å². The molecule has 3 aromatic carbocycles. The number of halogens is 1. The van der Waals surface area contributed by atoms with E-state index in [-0.39, 0.29) is 17.7 Å². The van der Waals surface area contributed by atoms with Gasteiger partial charge in [0.2, 0.25) is 5.91 Å². The molecule has 0 aromatic heterocycles. The van der Waals surface area contributed by atoms with Crippen molar-refractivity contribution in [3.8, 4) is 11.1 Å². The lowest BCUT2D eigenvalue weighted by atomic mass is 9.72. The first kappa shape index (κ1) is 31.7. The maximum atomic E-state index is 13.6. The van der Waals surface area contributed by atoms with Crippen molar-refractivity contribution >= 4 is 23.4 Å². The highest BCUT2D eigenvalue weighted by molar-refractivity contribution is 6.33. The van der Waals surface area contributed by atoms with Crippen LogP contribution in [0.2, 0.25) is 5.02 Å². The Balaban J connectivity index is 1.69. The Morgan fingerprint density at radius 1 is 1.05 bits per heavy atom. The number of likely N-dealkylation sites (tertiary alicyclic amines) is 1. The average Bonchev–Trinajstić information content (AvgIpc) is 3.03. The van der Waals surface area contributed by atoms with Crippen LogP contribution in [0.25, 0.3) is 11.1 Å². The van der Waals surface area contributed by atoms with E-state index in [4.69, 9.17) is 11.6 Å². The molecule has 1 aliphatic rings. The molecule has 0 radical (unpaired) electrons. The number of nitrogens with one attached hydrogen (secondary N) is 2. The predicted molar refractivity (Wildman–Crippen MR) is 171 cm³/mol. The van der Waals surface area contributed by atoms with Crippen molar-refractivity contribution < 1.29 is 14.7 Å². The zero-order valence-electron chi connectivity index (χ0n) is 25.1. The summed E-state index contributed by atoms with van der Waals surface area (Å²) in [7, 11) is 1.90. The maximum Gasteiger partial charge on any atom is 0.253 e. The maximum absolute atomic E-state index is 13.6. The molecule has 224 valence electrons. The first-order chi connectivity index (χ1) is 20.3. The third-order valence-corrected chi connectivity index (χ3v) is 8.76. The van der Waals surface area contributed by atoms with E-state index in [1.165, 1.54) is 5.56 Å². The number of nitrogens with zero attached hydrogens (tertiary/aromatic N) is 1. The van der Waals surface area contributed by atoms with Crippen molar-refractivity contribution in [2.75, 3.05) is 26.7 Å². The van der Waals surface area contributed by atoms with Crippen molar-refractivity contribution in [1.82, 2.24) is 15.5 Å². The molecule has 0 aliphatic carbocycles. The Kier molecular flexibility index (Phi) is 11.2. The van der Waals surface area contributed by atoms with Crippen molar-refractivity contribution in [1.29, 1.82) is 0 Å². The number of aryl methyl sites for hydroxylation is 1. The number of rotatable bonds is 12. The lowest BCUT2D eigenvalue weighted by Gasteiger charge is -2.44. The molecule has 1 aliphatic heterocycles. The largest absolute Gasteiger partial charge is 0.385 e. The molecule has 2 amide bonds. The average molecular weight is 590 g/mol. The second-order valence-electron chi connectivity index (χ2n) is 11.3. The van der Waals surface area contributed by atoms with Crippen molar-refractivity contribution in [2.45, 2.75) is 64.5 Å². The molecule has 3 aromatic rings. The Morgan fingerprint density at radius 2 is 1.81 bits per heavy atom. The molecule has 1 fully saturated rings. The predicted octanol–water partition coefficient (Wildman–Crippen LogP) is 6.34. The number of carbonyl (C=O) groups excluding carboxylic acids is 2. The lowest BCUT2D eigenvalue weighted by molar-refractivity contribution is -0.120. The number of carbonyl (C=O) groups is 2. The van der Waals surface area contributed by atoms with Gasteiger partial charge in [0.1, 0.15) is 0 Å². The molecule has 2 atom stereocenters. The highest BCUT2D eigenvalue weighted by Crippen LogP contribution is 2.45. The van der Waals surface area contributed by atoms with Crippen molar-refractivity contribution in [2.24, 2.45) is 5.92 Å². The zero-order chi connectivity index (χ0) is 30.1. The molecule has 6 nitrogen and oxygen atoms in total. The highest BCUT2D eigenvalue weighted by Gasteiger charge is 2.43. The summed E-state index contributed by atoms with van der Waals surface area (Å²) in [5.41, 5.74) is 4.29. The van der Waals surface area contributed by atoms with E-state index in [0.29, 0.717) is 49.5 Å². The van der Waals surface area contributed by atoms with Crippen LogP contribution in [0.5, 0.6) is 0 Å². The van der Waals surface area contributed by atoms with Gasteiger partial charge in [-0.05, 0) is 79.6 Å². The van der Waals surface area contributed by atoms with Gasteiger partial charge in [0.25, 0.3) is 5.91 Å². The fraction of sp³-hybridized carbons (Fsp3) is 0.429. The minimum absolute atomic E-state index is 0.00598. The smallest absolute Gasteiger partial charge is 0.253 e. The topological polar surface area (TPSA) is 81.7 Å². The summed E-state index contributed by atoms with van der Waals surface area (Å²) >= 11 is 6.88. The van der Waals surface area contributed by atoms with Crippen LogP contribution in [0, 0.1) is 5.92 Å². The molecule has 1 heterocycles. The molecule has 0 saturated carbocycles. The van der Waals surface area contributed by atoms with Crippen LogP contribution in [0.4, 0.5) is 0 Å². The molecule has 42 heavy (non-hydrogen) atoms. The van der Waals surface area contributed by atoms with Gasteiger partial charge in [-0.15, -0.1) is 0 Å². The van der Waals surface area contributed by atoms with E-state index in [9.17, 15) is 14.7 Å². The Labute approximate surface area is 255 Å². The van der Waals surface area contributed by atoms with E-state index >= 15 is 0 Å². The van der Waals surface area contributed by atoms with E-state index in [1.807, 2.05) is 73.5 Å². The second-order valence-corrected chi connectivity index (χ2v) is 11.7. The number of amides is 2. The molecule has 0 spiro atoms. The lowest BCUT2D eigenvalue weighted by Crippen LogP contribution is -2.48. The summed E-state index contributed by atoms with van der Waals surface area (Å²) < 4.78 is 0. The van der Waals surface area contributed by atoms with Crippen LogP contribution in [0.1, 0.15) is 73.0 Å². The molecule has 3 N–H and O–H groups in total. The fourth-order valence-corrected chi connectivity index (χ4v) is 6.38. The first-order valence-corrected chi connectivity index (χ1v) is 15.6. The zero-order valence-corrected chi connectivity index (χ0v) is 25.8. The number of hydrogen-bond donors (Lipinski definition) is 3. The second kappa shape index (κ2) is 14.8. The molecule has 0 unspecified atom stereocenters. The minimum Gasteiger partial charge on any atom is -0.385 e. The van der Waals surface area contributed by atoms with Crippen LogP contribution in [0.3, 0.4) is 0 Å². The number of benzene rings is 3. The van der Waals surface area contributed by atoms with Crippen LogP contribution >= 0.6 is 11.6 Å². The quantitative estimate of drug-likeness (QED) is 0.215. The first-order valence-electron chi connectivity index (χ1n) is 15.2. The molecule has 1 saturated heterocycles. The molecular weight excluding hydrogens is 546 g/mol.